The Morgan fingerprint density at radius 2 is 2.00 bits per heavy atom. The lowest BCUT2D eigenvalue weighted by Crippen LogP contribution is -2.22. The number of hydrogen-bond donors (Lipinski definition) is 1. The molecule has 3 aromatic rings. The fourth-order valence-electron chi connectivity index (χ4n) is 2.24. The predicted octanol–water partition coefficient (Wildman–Crippen LogP) is 3.90. The van der Waals surface area contributed by atoms with Crippen LogP contribution in [0.25, 0.3) is 11.4 Å². The van der Waals surface area contributed by atoms with Gasteiger partial charge in [-0.1, -0.05) is 34.7 Å². The van der Waals surface area contributed by atoms with E-state index in [0.717, 1.165) is 16.4 Å². The Morgan fingerprint density at radius 3 is 2.62 bits per heavy atom. The molecule has 1 aromatic carbocycles. The predicted molar refractivity (Wildman–Crippen MR) is 105 cm³/mol. The topological polar surface area (TPSA) is 85.6 Å². The number of anilines is 1. The summed E-state index contributed by atoms with van der Waals surface area (Å²) in [6.07, 6.45) is 0. The van der Waals surface area contributed by atoms with Crippen LogP contribution in [-0.2, 0) is 11.3 Å². The smallest absolute Gasteiger partial charge is 0.239 e. The monoisotopic (exact) mass is 408 g/mol. The molecule has 1 N–H and O–H groups in total. The van der Waals surface area contributed by atoms with Crippen molar-refractivity contribution in [3.05, 3.63) is 34.3 Å². The molecule has 7 nitrogen and oxygen atoms in total. The number of nitrogens with zero attached hydrogens (tertiary/aromatic N) is 5. The Hall–Kier alpha value is -1.97. The number of aromatic nitrogens is 5. The molecule has 10 heteroatoms. The van der Waals surface area contributed by atoms with Crippen molar-refractivity contribution in [3.63, 3.8) is 0 Å². The van der Waals surface area contributed by atoms with Gasteiger partial charge in [-0.25, -0.2) is 0 Å². The van der Waals surface area contributed by atoms with Crippen LogP contribution in [0.4, 0.5) is 5.13 Å². The van der Waals surface area contributed by atoms with Crippen molar-refractivity contribution in [2.24, 2.45) is 0 Å². The molecule has 1 amide bonds. The van der Waals surface area contributed by atoms with Crippen LogP contribution in [0.2, 0.25) is 5.02 Å². The van der Waals surface area contributed by atoms with Gasteiger partial charge in [0.2, 0.25) is 11.0 Å². The van der Waals surface area contributed by atoms with Gasteiger partial charge in [0, 0.05) is 17.1 Å². The molecule has 3 rings (SSSR count). The fraction of sp³-hybridized carbons (Fsp3) is 0.312. The molecule has 1 atom stereocenters. The van der Waals surface area contributed by atoms with Crippen LogP contribution in [0.3, 0.4) is 0 Å². The molecule has 0 aliphatic carbocycles. The number of aryl methyl sites for hydroxylation is 1. The number of benzene rings is 1. The van der Waals surface area contributed by atoms with Gasteiger partial charge in [0.1, 0.15) is 5.01 Å². The van der Waals surface area contributed by atoms with Crippen molar-refractivity contribution in [3.8, 4) is 11.4 Å². The Morgan fingerprint density at radius 1 is 1.27 bits per heavy atom. The van der Waals surface area contributed by atoms with Gasteiger partial charge in [0.05, 0.1) is 5.25 Å². The van der Waals surface area contributed by atoms with Crippen molar-refractivity contribution in [1.29, 1.82) is 0 Å². The molecule has 0 bridgehead atoms. The second-order valence-electron chi connectivity index (χ2n) is 5.43. The summed E-state index contributed by atoms with van der Waals surface area (Å²) in [6.45, 7) is 6.37. The van der Waals surface area contributed by atoms with Crippen molar-refractivity contribution in [2.45, 2.75) is 37.7 Å². The fourth-order valence-corrected chi connectivity index (χ4v) is 3.87. The summed E-state index contributed by atoms with van der Waals surface area (Å²) in [5, 5.41) is 21.4. The molecule has 0 saturated heterocycles. The van der Waals surface area contributed by atoms with E-state index < -0.39 is 0 Å². The molecule has 0 aliphatic rings. The van der Waals surface area contributed by atoms with E-state index in [9.17, 15) is 4.79 Å². The highest BCUT2D eigenvalue weighted by atomic mass is 35.5. The first-order valence-corrected chi connectivity index (χ1v) is 10.0. The summed E-state index contributed by atoms with van der Waals surface area (Å²) in [6, 6.07) is 7.44. The number of nitrogens with one attached hydrogen (secondary N) is 1. The first-order chi connectivity index (χ1) is 12.5. The lowest BCUT2D eigenvalue weighted by atomic mass is 10.2. The zero-order chi connectivity index (χ0) is 18.7. The van der Waals surface area contributed by atoms with Crippen LogP contribution in [0.15, 0.2) is 29.4 Å². The average Bonchev–Trinajstić information content (AvgIpc) is 3.21. The third-order valence-electron chi connectivity index (χ3n) is 3.54. The summed E-state index contributed by atoms with van der Waals surface area (Å²) in [5.41, 5.74) is 0.928. The Kier molecular flexibility index (Phi) is 5.90. The minimum absolute atomic E-state index is 0.148. The van der Waals surface area contributed by atoms with Crippen molar-refractivity contribution in [2.75, 3.05) is 5.32 Å². The van der Waals surface area contributed by atoms with Gasteiger partial charge in [-0.15, -0.1) is 20.4 Å². The Balaban J connectivity index is 1.75. The molecule has 0 radical (unpaired) electrons. The number of thioether (sulfide) groups is 1. The minimum atomic E-state index is -0.355. The first-order valence-electron chi connectivity index (χ1n) is 7.94. The van der Waals surface area contributed by atoms with E-state index in [4.69, 9.17) is 11.6 Å². The summed E-state index contributed by atoms with van der Waals surface area (Å²) in [7, 11) is 0. The minimum Gasteiger partial charge on any atom is -0.302 e. The highest BCUT2D eigenvalue weighted by Gasteiger charge is 2.21. The quantitative estimate of drug-likeness (QED) is 0.622. The summed E-state index contributed by atoms with van der Waals surface area (Å²) >= 11 is 8.65. The maximum absolute atomic E-state index is 12.4. The standard InChI is InChI=1S/C16H17ClN6OS2/c1-4-23-13(11-5-7-12(17)8-6-11)20-22-16(23)25-9(2)14(24)18-15-21-19-10(3)26-15/h5-9H,4H2,1-3H3,(H,18,21,24)/t9-/m0/s1. The normalized spacial score (nSPS) is 12.2. The summed E-state index contributed by atoms with van der Waals surface area (Å²) in [4.78, 5) is 12.4. The SMILES string of the molecule is CCn1c(S[C@@H](C)C(=O)Nc2nnc(C)s2)nnc1-c1ccc(Cl)cc1. The second kappa shape index (κ2) is 8.15. The van der Waals surface area contributed by atoms with Gasteiger partial charge in [0.25, 0.3) is 0 Å². The van der Waals surface area contributed by atoms with Gasteiger partial charge in [-0.3, -0.25) is 10.1 Å². The third kappa shape index (κ3) is 4.22. The van der Waals surface area contributed by atoms with Gasteiger partial charge < -0.3 is 4.57 Å². The van der Waals surface area contributed by atoms with E-state index in [2.05, 4.69) is 25.7 Å². The number of amides is 1. The van der Waals surface area contributed by atoms with Crippen LogP contribution in [0.5, 0.6) is 0 Å². The zero-order valence-corrected chi connectivity index (χ0v) is 16.8. The van der Waals surface area contributed by atoms with Gasteiger partial charge >= 0.3 is 0 Å². The molecule has 2 heterocycles. The van der Waals surface area contributed by atoms with Crippen LogP contribution in [0.1, 0.15) is 18.9 Å². The number of rotatable bonds is 6. The van der Waals surface area contributed by atoms with E-state index in [1.54, 1.807) is 0 Å². The van der Waals surface area contributed by atoms with E-state index in [0.29, 0.717) is 21.9 Å². The van der Waals surface area contributed by atoms with E-state index in [-0.39, 0.29) is 11.2 Å². The van der Waals surface area contributed by atoms with Crippen molar-refractivity contribution in [1.82, 2.24) is 25.0 Å². The summed E-state index contributed by atoms with van der Waals surface area (Å²) < 4.78 is 1.98. The Bertz CT molecular complexity index is 908. The molecule has 0 spiro atoms. The molecule has 136 valence electrons. The molecule has 2 aromatic heterocycles. The molecule has 0 aliphatic heterocycles. The first kappa shape index (κ1) is 18.8. The highest BCUT2D eigenvalue weighted by Crippen LogP contribution is 2.28. The lowest BCUT2D eigenvalue weighted by Gasteiger charge is -2.11. The summed E-state index contributed by atoms with van der Waals surface area (Å²) in [5.74, 6) is 0.601. The maximum atomic E-state index is 12.4. The Labute approximate surface area is 164 Å². The molecule has 0 fully saturated rings. The largest absolute Gasteiger partial charge is 0.302 e. The molecular weight excluding hydrogens is 392 g/mol. The lowest BCUT2D eigenvalue weighted by molar-refractivity contribution is -0.115. The van der Waals surface area contributed by atoms with Gasteiger partial charge in [-0.05, 0) is 45.0 Å². The maximum Gasteiger partial charge on any atom is 0.239 e. The van der Waals surface area contributed by atoms with Crippen molar-refractivity contribution < 1.29 is 4.79 Å². The van der Waals surface area contributed by atoms with Crippen LogP contribution in [0, 0.1) is 6.92 Å². The van der Waals surface area contributed by atoms with E-state index in [1.165, 1.54) is 23.1 Å². The second-order valence-corrected chi connectivity index (χ2v) is 8.36. The number of carbonyl (C=O) groups is 1. The molecule has 0 unspecified atom stereocenters. The highest BCUT2D eigenvalue weighted by molar-refractivity contribution is 8.00. The van der Waals surface area contributed by atoms with Crippen molar-refractivity contribution >= 4 is 45.7 Å². The van der Waals surface area contributed by atoms with E-state index >= 15 is 0 Å². The van der Waals surface area contributed by atoms with Gasteiger partial charge in [-0.2, -0.15) is 0 Å². The number of halogens is 1. The average molecular weight is 409 g/mol. The molecular formula is C16H17ClN6OS2. The van der Waals surface area contributed by atoms with Crippen LogP contribution >= 0.6 is 34.7 Å². The van der Waals surface area contributed by atoms with Crippen LogP contribution < -0.4 is 5.32 Å². The number of carbonyl (C=O) groups excluding carboxylic acids is 1. The molecule has 26 heavy (non-hydrogen) atoms. The molecule has 0 saturated carbocycles. The zero-order valence-electron chi connectivity index (χ0n) is 14.4. The van der Waals surface area contributed by atoms with Crippen LogP contribution in [-0.4, -0.2) is 36.1 Å². The third-order valence-corrected chi connectivity index (χ3v) is 5.63. The van der Waals surface area contributed by atoms with E-state index in [1.807, 2.05) is 49.6 Å². The van der Waals surface area contributed by atoms with Gasteiger partial charge in [0.15, 0.2) is 11.0 Å². The number of hydrogen-bond acceptors (Lipinski definition) is 7.